The molecule has 3 N–H and O–H groups in total. The van der Waals surface area contributed by atoms with Gasteiger partial charge in [0.05, 0.1) is 23.3 Å². The maximum Gasteiger partial charge on any atom is 0.123 e. The lowest BCUT2D eigenvalue weighted by atomic mass is 10.00. The van der Waals surface area contributed by atoms with Gasteiger partial charge in [0.15, 0.2) is 0 Å². The lowest BCUT2D eigenvalue weighted by molar-refractivity contribution is 1.12. The van der Waals surface area contributed by atoms with Crippen molar-refractivity contribution in [1.29, 1.82) is 5.26 Å². The number of aromatic nitrogens is 3. The van der Waals surface area contributed by atoms with Gasteiger partial charge in [-0.3, -0.25) is 5.10 Å². The topological polar surface area (TPSA) is 91.4 Å². The Morgan fingerprint density at radius 1 is 1.22 bits per heavy atom. The number of hydrogen-bond donors (Lipinski definition) is 2. The first kappa shape index (κ1) is 10.3. The van der Waals surface area contributed by atoms with Crippen molar-refractivity contribution in [2.24, 2.45) is 0 Å². The molecule has 0 saturated heterocycles. The minimum Gasteiger partial charge on any atom is -0.384 e. The zero-order valence-electron chi connectivity index (χ0n) is 9.38. The summed E-state index contributed by atoms with van der Waals surface area (Å²) in [5.74, 6) is 0.460. The van der Waals surface area contributed by atoms with Crippen LogP contribution in [0.4, 0.5) is 5.82 Å². The Morgan fingerprint density at radius 2 is 2.11 bits per heavy atom. The van der Waals surface area contributed by atoms with E-state index in [2.05, 4.69) is 21.3 Å². The number of aromatic amines is 1. The number of pyridine rings is 1. The lowest BCUT2D eigenvalue weighted by Gasteiger charge is -2.04. The van der Waals surface area contributed by atoms with Crippen LogP contribution in [0.1, 0.15) is 5.56 Å². The monoisotopic (exact) mass is 235 g/mol. The summed E-state index contributed by atoms with van der Waals surface area (Å²) >= 11 is 0. The predicted octanol–water partition coefficient (Wildman–Crippen LogP) is 2.08. The molecule has 0 radical (unpaired) electrons. The van der Waals surface area contributed by atoms with Gasteiger partial charge in [-0.05, 0) is 24.3 Å². The standard InChI is InChI=1S/C13H9N5/c14-5-9-4-12-10(7-17-18-12)3-11(9)8-1-2-13(15)16-6-8/h1-4,6-7H,(H2,15,16)(H,17,18). The molecule has 2 heterocycles. The molecular weight excluding hydrogens is 226 g/mol. The van der Waals surface area contributed by atoms with E-state index in [1.54, 1.807) is 24.5 Å². The van der Waals surface area contributed by atoms with E-state index in [0.29, 0.717) is 11.4 Å². The van der Waals surface area contributed by atoms with Crippen LogP contribution in [-0.4, -0.2) is 15.2 Å². The molecule has 0 unspecified atom stereocenters. The molecule has 0 atom stereocenters. The van der Waals surface area contributed by atoms with Crippen molar-refractivity contribution in [3.05, 3.63) is 42.2 Å². The van der Waals surface area contributed by atoms with Gasteiger partial charge in [0.2, 0.25) is 0 Å². The van der Waals surface area contributed by atoms with Gasteiger partial charge in [-0.25, -0.2) is 4.98 Å². The zero-order chi connectivity index (χ0) is 12.5. The molecule has 3 aromatic rings. The van der Waals surface area contributed by atoms with Crippen LogP contribution in [0.2, 0.25) is 0 Å². The van der Waals surface area contributed by atoms with E-state index < -0.39 is 0 Å². The molecule has 18 heavy (non-hydrogen) atoms. The van der Waals surface area contributed by atoms with E-state index in [9.17, 15) is 5.26 Å². The summed E-state index contributed by atoms with van der Waals surface area (Å²) in [5, 5.41) is 17.0. The second kappa shape index (κ2) is 3.86. The SMILES string of the molecule is N#Cc1cc2[nH]ncc2cc1-c1ccc(N)nc1. The second-order valence-corrected chi connectivity index (χ2v) is 3.94. The number of fused-ring (bicyclic) bond motifs is 1. The van der Waals surface area contributed by atoms with Gasteiger partial charge in [0, 0.05) is 22.7 Å². The predicted molar refractivity (Wildman–Crippen MR) is 68.5 cm³/mol. The Hall–Kier alpha value is -2.87. The molecule has 5 heteroatoms. The van der Waals surface area contributed by atoms with Crippen LogP contribution in [0.3, 0.4) is 0 Å². The molecule has 5 nitrogen and oxygen atoms in total. The Labute approximate surface area is 103 Å². The van der Waals surface area contributed by atoms with Crippen LogP contribution in [0, 0.1) is 11.3 Å². The third kappa shape index (κ3) is 1.57. The average Bonchev–Trinajstić information content (AvgIpc) is 2.85. The number of anilines is 1. The maximum atomic E-state index is 9.20. The minimum absolute atomic E-state index is 0.460. The molecule has 0 saturated carbocycles. The maximum absolute atomic E-state index is 9.20. The molecule has 0 aliphatic heterocycles. The van der Waals surface area contributed by atoms with Gasteiger partial charge in [0.25, 0.3) is 0 Å². The van der Waals surface area contributed by atoms with Crippen LogP contribution < -0.4 is 5.73 Å². The van der Waals surface area contributed by atoms with Crippen molar-refractivity contribution in [3.8, 4) is 17.2 Å². The highest BCUT2D eigenvalue weighted by molar-refractivity contribution is 5.87. The largest absolute Gasteiger partial charge is 0.384 e. The third-order valence-corrected chi connectivity index (χ3v) is 2.80. The van der Waals surface area contributed by atoms with Gasteiger partial charge in [-0.2, -0.15) is 10.4 Å². The normalized spacial score (nSPS) is 10.4. The quantitative estimate of drug-likeness (QED) is 0.675. The van der Waals surface area contributed by atoms with Crippen LogP contribution in [0.15, 0.2) is 36.7 Å². The first-order chi connectivity index (χ1) is 8.78. The lowest BCUT2D eigenvalue weighted by Crippen LogP contribution is -1.90. The molecule has 0 aliphatic carbocycles. The molecule has 0 aliphatic rings. The third-order valence-electron chi connectivity index (χ3n) is 2.80. The fourth-order valence-electron chi connectivity index (χ4n) is 1.89. The number of nitrogens with two attached hydrogens (primary N) is 1. The molecule has 0 fully saturated rings. The molecule has 86 valence electrons. The van der Waals surface area contributed by atoms with Crippen LogP contribution in [-0.2, 0) is 0 Å². The Kier molecular flexibility index (Phi) is 2.21. The molecule has 1 aromatic carbocycles. The summed E-state index contributed by atoms with van der Waals surface area (Å²) in [6, 6.07) is 9.46. The Morgan fingerprint density at radius 3 is 2.83 bits per heavy atom. The van der Waals surface area contributed by atoms with Crippen molar-refractivity contribution < 1.29 is 0 Å². The summed E-state index contributed by atoms with van der Waals surface area (Å²) in [5.41, 5.74) is 8.68. The van der Waals surface area contributed by atoms with E-state index in [1.807, 2.05) is 12.1 Å². The number of nitrogens with one attached hydrogen (secondary N) is 1. The fourth-order valence-corrected chi connectivity index (χ4v) is 1.89. The van der Waals surface area contributed by atoms with E-state index in [-0.39, 0.29) is 0 Å². The highest BCUT2D eigenvalue weighted by Crippen LogP contribution is 2.27. The van der Waals surface area contributed by atoms with Gasteiger partial charge in [-0.15, -0.1) is 0 Å². The van der Waals surface area contributed by atoms with E-state index in [1.165, 1.54) is 0 Å². The van der Waals surface area contributed by atoms with Crippen LogP contribution >= 0.6 is 0 Å². The highest BCUT2D eigenvalue weighted by atomic mass is 15.1. The summed E-state index contributed by atoms with van der Waals surface area (Å²) < 4.78 is 0. The number of benzene rings is 1. The summed E-state index contributed by atoms with van der Waals surface area (Å²) in [4.78, 5) is 4.04. The van der Waals surface area contributed by atoms with Crippen molar-refractivity contribution in [1.82, 2.24) is 15.2 Å². The number of hydrogen-bond acceptors (Lipinski definition) is 4. The smallest absolute Gasteiger partial charge is 0.123 e. The van der Waals surface area contributed by atoms with Crippen LogP contribution in [0.5, 0.6) is 0 Å². The van der Waals surface area contributed by atoms with Gasteiger partial charge < -0.3 is 5.73 Å². The van der Waals surface area contributed by atoms with Crippen molar-refractivity contribution in [2.45, 2.75) is 0 Å². The molecule has 2 aromatic heterocycles. The first-order valence-corrected chi connectivity index (χ1v) is 5.37. The highest BCUT2D eigenvalue weighted by Gasteiger charge is 2.08. The zero-order valence-corrected chi connectivity index (χ0v) is 9.38. The van der Waals surface area contributed by atoms with Gasteiger partial charge in [-0.1, -0.05) is 0 Å². The molecule has 0 bridgehead atoms. The first-order valence-electron chi connectivity index (χ1n) is 5.37. The Bertz CT molecular complexity index is 749. The number of nitriles is 1. The number of H-pyrrole nitrogens is 1. The van der Waals surface area contributed by atoms with Crippen LogP contribution in [0.25, 0.3) is 22.0 Å². The van der Waals surface area contributed by atoms with Crippen molar-refractivity contribution in [3.63, 3.8) is 0 Å². The summed E-state index contributed by atoms with van der Waals surface area (Å²) in [6.45, 7) is 0. The van der Waals surface area contributed by atoms with E-state index >= 15 is 0 Å². The van der Waals surface area contributed by atoms with Crippen molar-refractivity contribution in [2.75, 3.05) is 5.73 Å². The van der Waals surface area contributed by atoms with Gasteiger partial charge in [0.1, 0.15) is 5.82 Å². The van der Waals surface area contributed by atoms with E-state index in [0.717, 1.165) is 22.0 Å². The average molecular weight is 235 g/mol. The summed E-state index contributed by atoms with van der Waals surface area (Å²) in [6.07, 6.45) is 3.39. The minimum atomic E-state index is 0.460. The second-order valence-electron chi connectivity index (χ2n) is 3.94. The molecular formula is C13H9N5. The van der Waals surface area contributed by atoms with Gasteiger partial charge >= 0.3 is 0 Å². The number of nitrogens with zero attached hydrogens (tertiary/aromatic N) is 3. The fraction of sp³-hybridized carbons (Fsp3) is 0. The molecule has 3 rings (SSSR count). The molecule has 0 amide bonds. The summed E-state index contributed by atoms with van der Waals surface area (Å²) in [7, 11) is 0. The molecule has 0 spiro atoms. The van der Waals surface area contributed by atoms with E-state index in [4.69, 9.17) is 5.73 Å². The Balaban J connectivity index is 2.26. The number of nitrogen functional groups attached to an aromatic ring is 1. The van der Waals surface area contributed by atoms with Crippen molar-refractivity contribution >= 4 is 16.7 Å². The number of rotatable bonds is 1.